The predicted molar refractivity (Wildman–Crippen MR) is 85.4 cm³/mol. The second-order valence-electron chi connectivity index (χ2n) is 5.43. The number of nitrogens with zero attached hydrogens (tertiary/aromatic N) is 1. The number of anilines is 1. The number of rotatable bonds is 7. The maximum Gasteiger partial charge on any atom is 0.264 e. The van der Waals surface area contributed by atoms with Gasteiger partial charge in [0.05, 0.1) is 6.54 Å². The fourth-order valence-electron chi connectivity index (χ4n) is 2.47. The lowest BCUT2D eigenvalue weighted by molar-refractivity contribution is -0.127. The Hall–Kier alpha value is -2.30. The molecule has 2 rings (SSSR count). The Morgan fingerprint density at radius 2 is 1.95 bits per heavy atom. The van der Waals surface area contributed by atoms with Crippen LogP contribution >= 0.6 is 0 Å². The molecule has 0 bridgehead atoms. The van der Waals surface area contributed by atoms with E-state index in [2.05, 4.69) is 12.2 Å². The molecule has 0 aliphatic carbocycles. The lowest BCUT2D eigenvalue weighted by Crippen LogP contribution is -2.31. The molecule has 0 unspecified atom stereocenters. The highest BCUT2D eigenvalue weighted by Crippen LogP contribution is 2.20. The third-order valence-corrected chi connectivity index (χ3v) is 3.67. The number of benzene rings is 1. The van der Waals surface area contributed by atoms with Gasteiger partial charge in [0.15, 0.2) is 0 Å². The number of carbonyl (C=O) groups is 2. The highest BCUT2D eigenvalue weighted by atomic mass is 16.3. The molecule has 1 heterocycles. The minimum atomic E-state index is -0.551. The SMILES string of the molecule is CCCCCCN1CC(O)=C(C(=O)Nc2ccccc2)C1=O. The monoisotopic (exact) mass is 302 g/mol. The number of carbonyl (C=O) groups excluding carboxylic acids is 2. The first-order valence-corrected chi connectivity index (χ1v) is 7.71. The van der Waals surface area contributed by atoms with Crippen LogP contribution in [0.25, 0.3) is 0 Å². The normalized spacial score (nSPS) is 14.6. The Balaban J connectivity index is 1.94. The molecule has 0 saturated carbocycles. The van der Waals surface area contributed by atoms with E-state index in [1.807, 2.05) is 6.07 Å². The van der Waals surface area contributed by atoms with Crippen LogP contribution < -0.4 is 5.32 Å². The number of para-hydroxylation sites is 1. The van der Waals surface area contributed by atoms with Gasteiger partial charge in [0.2, 0.25) is 0 Å². The first-order valence-electron chi connectivity index (χ1n) is 7.71. The quantitative estimate of drug-likeness (QED) is 0.601. The third-order valence-electron chi connectivity index (χ3n) is 3.67. The van der Waals surface area contributed by atoms with Crippen molar-refractivity contribution in [3.63, 3.8) is 0 Å². The van der Waals surface area contributed by atoms with Gasteiger partial charge in [0, 0.05) is 12.2 Å². The Bertz CT molecular complexity index is 567. The minimum Gasteiger partial charge on any atom is -0.509 e. The van der Waals surface area contributed by atoms with Gasteiger partial charge in [0.25, 0.3) is 11.8 Å². The molecule has 0 fully saturated rings. The van der Waals surface area contributed by atoms with Gasteiger partial charge in [-0.15, -0.1) is 0 Å². The molecule has 1 aromatic rings. The minimum absolute atomic E-state index is 0.127. The highest BCUT2D eigenvalue weighted by molar-refractivity contribution is 6.24. The molecule has 0 saturated heterocycles. The summed E-state index contributed by atoms with van der Waals surface area (Å²) >= 11 is 0. The lowest BCUT2D eigenvalue weighted by atomic mass is 10.2. The van der Waals surface area contributed by atoms with E-state index in [-0.39, 0.29) is 23.8 Å². The largest absolute Gasteiger partial charge is 0.509 e. The van der Waals surface area contributed by atoms with Crippen LogP contribution in [0.5, 0.6) is 0 Å². The maximum atomic E-state index is 12.3. The second kappa shape index (κ2) is 7.64. The molecule has 0 spiro atoms. The molecule has 2 amide bonds. The van der Waals surface area contributed by atoms with Crippen molar-refractivity contribution in [1.29, 1.82) is 0 Å². The summed E-state index contributed by atoms with van der Waals surface area (Å²) in [6.07, 6.45) is 4.19. The van der Waals surface area contributed by atoms with Crippen LogP contribution in [0.2, 0.25) is 0 Å². The number of aliphatic hydroxyl groups is 1. The summed E-state index contributed by atoms with van der Waals surface area (Å²) in [6, 6.07) is 8.89. The average Bonchev–Trinajstić information content (AvgIpc) is 2.79. The molecule has 5 nitrogen and oxygen atoms in total. The van der Waals surface area contributed by atoms with Crippen LogP contribution in [0.4, 0.5) is 5.69 Å². The molecule has 1 aliphatic heterocycles. The molecular formula is C17H22N2O3. The standard InChI is InChI=1S/C17H22N2O3/c1-2-3-4-8-11-19-12-14(20)15(17(19)22)16(21)18-13-9-6-5-7-10-13/h5-7,9-10,20H,2-4,8,11-12H2,1H3,(H,18,21). The number of hydrogen-bond donors (Lipinski definition) is 2. The Kier molecular flexibility index (Phi) is 5.58. The van der Waals surface area contributed by atoms with Gasteiger partial charge in [-0.1, -0.05) is 44.4 Å². The molecular weight excluding hydrogens is 280 g/mol. The summed E-state index contributed by atoms with van der Waals surface area (Å²) in [5.74, 6) is -1.08. The van der Waals surface area contributed by atoms with E-state index in [9.17, 15) is 14.7 Å². The van der Waals surface area contributed by atoms with Gasteiger partial charge in [-0.2, -0.15) is 0 Å². The molecule has 0 aromatic heterocycles. The fraction of sp³-hybridized carbons (Fsp3) is 0.412. The molecule has 0 atom stereocenters. The van der Waals surface area contributed by atoms with Crippen LogP contribution in [0, 0.1) is 0 Å². The van der Waals surface area contributed by atoms with Crippen LogP contribution in [0.15, 0.2) is 41.7 Å². The number of aliphatic hydroxyl groups excluding tert-OH is 1. The van der Waals surface area contributed by atoms with E-state index in [4.69, 9.17) is 0 Å². The summed E-state index contributed by atoms with van der Waals surface area (Å²) in [5.41, 5.74) is 0.460. The molecule has 1 aliphatic rings. The van der Waals surface area contributed by atoms with Crippen LogP contribution in [-0.2, 0) is 9.59 Å². The Morgan fingerprint density at radius 1 is 1.23 bits per heavy atom. The van der Waals surface area contributed by atoms with Crippen LogP contribution in [-0.4, -0.2) is 34.9 Å². The van der Waals surface area contributed by atoms with Crippen molar-refractivity contribution < 1.29 is 14.7 Å². The van der Waals surface area contributed by atoms with E-state index < -0.39 is 5.91 Å². The van der Waals surface area contributed by atoms with Crippen LogP contribution in [0.1, 0.15) is 32.6 Å². The fourth-order valence-corrected chi connectivity index (χ4v) is 2.47. The molecule has 22 heavy (non-hydrogen) atoms. The lowest BCUT2D eigenvalue weighted by Gasteiger charge is -2.15. The maximum absolute atomic E-state index is 12.3. The van der Waals surface area contributed by atoms with Gasteiger partial charge in [0.1, 0.15) is 11.3 Å². The third kappa shape index (κ3) is 3.87. The average molecular weight is 302 g/mol. The van der Waals surface area contributed by atoms with Crippen molar-refractivity contribution in [2.45, 2.75) is 32.6 Å². The van der Waals surface area contributed by atoms with E-state index >= 15 is 0 Å². The molecule has 0 radical (unpaired) electrons. The summed E-state index contributed by atoms with van der Waals surface area (Å²) < 4.78 is 0. The summed E-state index contributed by atoms with van der Waals surface area (Å²) in [7, 11) is 0. The van der Waals surface area contributed by atoms with E-state index in [0.717, 1.165) is 25.7 Å². The van der Waals surface area contributed by atoms with E-state index in [0.29, 0.717) is 12.2 Å². The zero-order valence-electron chi connectivity index (χ0n) is 12.8. The van der Waals surface area contributed by atoms with Gasteiger partial charge >= 0.3 is 0 Å². The zero-order valence-corrected chi connectivity index (χ0v) is 12.8. The number of amides is 2. The number of unbranched alkanes of at least 4 members (excludes halogenated alkanes) is 3. The topological polar surface area (TPSA) is 69.6 Å². The summed E-state index contributed by atoms with van der Waals surface area (Å²) in [6.45, 7) is 2.83. The van der Waals surface area contributed by atoms with Crippen molar-refractivity contribution in [3.05, 3.63) is 41.7 Å². The highest BCUT2D eigenvalue weighted by Gasteiger charge is 2.34. The van der Waals surface area contributed by atoms with Crippen molar-refractivity contribution in [2.24, 2.45) is 0 Å². The van der Waals surface area contributed by atoms with Gasteiger partial charge < -0.3 is 15.3 Å². The number of hydrogen-bond acceptors (Lipinski definition) is 3. The second-order valence-corrected chi connectivity index (χ2v) is 5.43. The smallest absolute Gasteiger partial charge is 0.264 e. The first kappa shape index (κ1) is 16.1. The molecule has 5 heteroatoms. The first-order chi connectivity index (χ1) is 10.6. The Labute approximate surface area is 130 Å². The predicted octanol–water partition coefficient (Wildman–Crippen LogP) is 2.86. The molecule has 2 N–H and O–H groups in total. The summed E-state index contributed by atoms with van der Waals surface area (Å²) in [4.78, 5) is 26.0. The van der Waals surface area contributed by atoms with E-state index in [1.54, 1.807) is 24.3 Å². The van der Waals surface area contributed by atoms with Gasteiger partial charge in [-0.25, -0.2) is 0 Å². The zero-order chi connectivity index (χ0) is 15.9. The molecule has 1 aromatic carbocycles. The van der Waals surface area contributed by atoms with Crippen molar-refractivity contribution in [2.75, 3.05) is 18.4 Å². The van der Waals surface area contributed by atoms with Crippen molar-refractivity contribution >= 4 is 17.5 Å². The summed E-state index contributed by atoms with van der Waals surface area (Å²) in [5, 5.41) is 12.6. The Morgan fingerprint density at radius 3 is 2.64 bits per heavy atom. The molecule has 118 valence electrons. The van der Waals surface area contributed by atoms with Gasteiger partial charge in [-0.05, 0) is 18.6 Å². The van der Waals surface area contributed by atoms with Crippen LogP contribution in [0.3, 0.4) is 0 Å². The van der Waals surface area contributed by atoms with Crippen molar-refractivity contribution in [3.8, 4) is 0 Å². The van der Waals surface area contributed by atoms with E-state index in [1.165, 1.54) is 4.90 Å². The number of nitrogens with one attached hydrogen (secondary N) is 1. The van der Waals surface area contributed by atoms with Crippen molar-refractivity contribution in [1.82, 2.24) is 4.90 Å². The van der Waals surface area contributed by atoms with Gasteiger partial charge in [-0.3, -0.25) is 9.59 Å².